The van der Waals surface area contributed by atoms with E-state index in [2.05, 4.69) is 9.59 Å². The average molecular weight is 334 g/mol. The Morgan fingerprint density at radius 1 is 1.13 bits per heavy atom. The van der Waals surface area contributed by atoms with Crippen LogP contribution < -0.4 is 0 Å². The minimum Gasteiger partial charge on any atom is -0.340 e. The lowest BCUT2D eigenvalue weighted by molar-refractivity contribution is -0.138. The molecule has 6 nitrogen and oxygen atoms in total. The second-order valence-corrected chi connectivity index (χ2v) is 7.87. The molecular formula is C16H22N4O2S. The van der Waals surface area contributed by atoms with Crippen molar-refractivity contribution in [3.63, 3.8) is 0 Å². The molecule has 4 fully saturated rings. The van der Waals surface area contributed by atoms with Crippen molar-refractivity contribution in [3.8, 4) is 0 Å². The maximum atomic E-state index is 12.9. The van der Waals surface area contributed by atoms with Gasteiger partial charge >= 0.3 is 0 Å². The summed E-state index contributed by atoms with van der Waals surface area (Å²) in [6, 6.07) is 0.145. The van der Waals surface area contributed by atoms with Crippen LogP contribution in [-0.2, 0) is 4.79 Å². The molecule has 0 radical (unpaired) electrons. The van der Waals surface area contributed by atoms with Crippen LogP contribution in [0, 0.1) is 18.8 Å². The summed E-state index contributed by atoms with van der Waals surface area (Å²) in [4.78, 5) is 30.1. The molecule has 4 aliphatic rings. The third-order valence-electron chi connectivity index (χ3n) is 5.59. The lowest BCUT2D eigenvalue weighted by Gasteiger charge is -2.36. The van der Waals surface area contributed by atoms with Crippen molar-refractivity contribution in [1.82, 2.24) is 19.4 Å². The molecule has 23 heavy (non-hydrogen) atoms. The molecule has 7 heteroatoms. The number of carbonyl (C=O) groups is 2. The lowest BCUT2D eigenvalue weighted by Crippen LogP contribution is -2.48. The van der Waals surface area contributed by atoms with Crippen molar-refractivity contribution in [1.29, 1.82) is 0 Å². The van der Waals surface area contributed by atoms with Gasteiger partial charge in [-0.25, -0.2) is 0 Å². The van der Waals surface area contributed by atoms with Crippen LogP contribution in [0.2, 0.25) is 0 Å². The Kier molecular flexibility index (Phi) is 3.83. The number of amides is 2. The van der Waals surface area contributed by atoms with Crippen molar-refractivity contribution < 1.29 is 9.59 Å². The highest BCUT2D eigenvalue weighted by molar-refractivity contribution is 7.07. The fourth-order valence-corrected chi connectivity index (χ4v) is 4.60. The molecule has 3 aliphatic heterocycles. The van der Waals surface area contributed by atoms with Gasteiger partial charge in [-0.3, -0.25) is 9.59 Å². The number of rotatable bonds is 2. The number of hydrogen-bond acceptors (Lipinski definition) is 5. The Morgan fingerprint density at radius 3 is 2.61 bits per heavy atom. The first kappa shape index (κ1) is 15.1. The zero-order valence-corrected chi connectivity index (χ0v) is 14.2. The fraction of sp³-hybridized carbons (Fsp3) is 0.750. The van der Waals surface area contributed by atoms with E-state index in [-0.39, 0.29) is 17.9 Å². The summed E-state index contributed by atoms with van der Waals surface area (Å²) < 4.78 is 3.89. The van der Waals surface area contributed by atoms with Crippen LogP contribution in [0.3, 0.4) is 0 Å². The fourth-order valence-electron chi connectivity index (χ4n) is 3.98. The topological polar surface area (TPSA) is 66.4 Å². The van der Waals surface area contributed by atoms with Crippen LogP contribution >= 0.6 is 11.5 Å². The number of fused-ring (bicyclic) bond motifs is 4. The lowest BCUT2D eigenvalue weighted by atomic mass is 9.84. The van der Waals surface area contributed by atoms with E-state index in [0.717, 1.165) is 38.8 Å². The second-order valence-electron chi connectivity index (χ2n) is 7.11. The summed E-state index contributed by atoms with van der Waals surface area (Å²) >= 11 is 1.18. The summed E-state index contributed by atoms with van der Waals surface area (Å²) in [5.41, 5.74) is 0.711. The zero-order valence-electron chi connectivity index (χ0n) is 13.4. The molecule has 2 bridgehead atoms. The summed E-state index contributed by atoms with van der Waals surface area (Å²) in [5.74, 6) is 1.01. The zero-order chi connectivity index (χ0) is 16.0. The predicted molar refractivity (Wildman–Crippen MR) is 86.1 cm³/mol. The largest absolute Gasteiger partial charge is 0.340 e. The Hall–Kier alpha value is -1.50. The van der Waals surface area contributed by atoms with Gasteiger partial charge in [0, 0.05) is 31.6 Å². The third kappa shape index (κ3) is 2.65. The molecule has 0 spiro atoms. The van der Waals surface area contributed by atoms with Crippen LogP contribution in [-0.4, -0.2) is 56.9 Å². The summed E-state index contributed by atoms with van der Waals surface area (Å²) in [7, 11) is 0. The highest BCUT2D eigenvalue weighted by Gasteiger charge is 2.41. The molecule has 1 saturated carbocycles. The molecule has 2 atom stereocenters. The highest BCUT2D eigenvalue weighted by atomic mass is 32.1. The minimum absolute atomic E-state index is 0.0464. The van der Waals surface area contributed by atoms with Gasteiger partial charge in [0.1, 0.15) is 4.88 Å². The van der Waals surface area contributed by atoms with E-state index in [4.69, 9.17) is 0 Å². The molecule has 4 heterocycles. The monoisotopic (exact) mass is 334 g/mol. The van der Waals surface area contributed by atoms with Crippen LogP contribution in [0.1, 0.15) is 47.5 Å². The van der Waals surface area contributed by atoms with E-state index in [0.29, 0.717) is 28.9 Å². The number of hydrogen-bond donors (Lipinski definition) is 0. The standard InChI is InChI=1S/C16H22N4O2S/c1-10-14(23-18-17-10)16(22)20-8-11-5-6-13(20)9-19(7-11)15(21)12-3-2-4-12/h11-13H,2-9H2,1H3/t11-,13+/m1/s1. The van der Waals surface area contributed by atoms with E-state index in [9.17, 15) is 9.59 Å². The maximum absolute atomic E-state index is 12.9. The van der Waals surface area contributed by atoms with Crippen molar-refractivity contribution in [2.24, 2.45) is 11.8 Å². The summed E-state index contributed by atoms with van der Waals surface area (Å²) in [5, 5.41) is 3.96. The first-order valence-corrected chi connectivity index (χ1v) is 9.29. The molecule has 0 unspecified atom stereocenters. The van der Waals surface area contributed by atoms with Gasteiger partial charge in [0.15, 0.2) is 0 Å². The van der Waals surface area contributed by atoms with Gasteiger partial charge in [0.2, 0.25) is 5.91 Å². The van der Waals surface area contributed by atoms with Crippen molar-refractivity contribution in [2.45, 2.75) is 45.1 Å². The van der Waals surface area contributed by atoms with E-state index in [1.807, 2.05) is 16.7 Å². The van der Waals surface area contributed by atoms with E-state index in [1.54, 1.807) is 0 Å². The molecule has 1 aromatic heterocycles. The van der Waals surface area contributed by atoms with Gasteiger partial charge in [-0.2, -0.15) is 0 Å². The molecule has 1 aliphatic carbocycles. The van der Waals surface area contributed by atoms with Gasteiger partial charge in [-0.05, 0) is 50.1 Å². The Morgan fingerprint density at radius 2 is 1.96 bits per heavy atom. The molecule has 0 aromatic carbocycles. The van der Waals surface area contributed by atoms with Crippen molar-refractivity contribution >= 4 is 23.3 Å². The quantitative estimate of drug-likeness (QED) is 0.826. The van der Waals surface area contributed by atoms with E-state index >= 15 is 0 Å². The van der Waals surface area contributed by atoms with Crippen LogP contribution in [0.5, 0.6) is 0 Å². The molecular weight excluding hydrogens is 312 g/mol. The second kappa shape index (κ2) is 5.85. The van der Waals surface area contributed by atoms with Crippen LogP contribution in [0.4, 0.5) is 0 Å². The molecule has 3 saturated heterocycles. The molecule has 2 amide bonds. The normalized spacial score (nSPS) is 27.7. The molecule has 0 N–H and O–H groups in total. The van der Waals surface area contributed by atoms with Gasteiger partial charge < -0.3 is 9.80 Å². The summed E-state index contributed by atoms with van der Waals surface area (Å²) in [6.07, 6.45) is 5.37. The SMILES string of the molecule is Cc1nnsc1C(=O)N1C[C@@H]2CC[C@H]1CN(C(=O)C1CCC1)C2. The number of aryl methyl sites for hydroxylation is 1. The van der Waals surface area contributed by atoms with Crippen LogP contribution in [0.25, 0.3) is 0 Å². The first-order valence-electron chi connectivity index (χ1n) is 8.52. The minimum atomic E-state index is 0.0464. The number of nitrogens with zero attached hydrogens (tertiary/aromatic N) is 4. The maximum Gasteiger partial charge on any atom is 0.267 e. The number of aromatic nitrogens is 2. The van der Waals surface area contributed by atoms with Crippen LogP contribution in [0.15, 0.2) is 0 Å². The van der Waals surface area contributed by atoms with E-state index in [1.165, 1.54) is 18.0 Å². The highest BCUT2D eigenvalue weighted by Crippen LogP contribution is 2.33. The average Bonchev–Trinajstić information content (AvgIpc) is 2.72. The molecule has 124 valence electrons. The van der Waals surface area contributed by atoms with Gasteiger partial charge in [0.05, 0.1) is 5.69 Å². The third-order valence-corrected chi connectivity index (χ3v) is 6.40. The van der Waals surface area contributed by atoms with Gasteiger partial charge in [-0.1, -0.05) is 10.9 Å². The van der Waals surface area contributed by atoms with Gasteiger partial charge in [0.25, 0.3) is 5.91 Å². The predicted octanol–water partition coefficient (Wildman–Crippen LogP) is 1.71. The Labute approximate surface area is 140 Å². The number of piperidine rings is 1. The Bertz CT molecular complexity index is 627. The molecule has 5 rings (SSSR count). The first-order chi connectivity index (χ1) is 11.1. The molecule has 1 aromatic rings. The summed E-state index contributed by atoms with van der Waals surface area (Å²) in [6.45, 7) is 4.10. The smallest absolute Gasteiger partial charge is 0.267 e. The van der Waals surface area contributed by atoms with Gasteiger partial charge in [-0.15, -0.1) is 5.10 Å². The van der Waals surface area contributed by atoms with E-state index < -0.39 is 0 Å². The van der Waals surface area contributed by atoms with Crippen molar-refractivity contribution in [3.05, 3.63) is 10.6 Å². The Balaban J connectivity index is 1.52. The van der Waals surface area contributed by atoms with Crippen molar-refractivity contribution in [2.75, 3.05) is 19.6 Å². The number of carbonyl (C=O) groups excluding carboxylic acids is 2.